The van der Waals surface area contributed by atoms with Gasteiger partial charge in [0, 0.05) is 45.1 Å². The molecular weight excluding hydrogens is 461 g/mol. The van der Waals surface area contributed by atoms with Crippen molar-refractivity contribution in [2.45, 2.75) is 13.0 Å². The Morgan fingerprint density at radius 3 is 2.48 bits per heavy atom. The number of aryl methyl sites for hydroxylation is 1. The van der Waals surface area contributed by atoms with Crippen molar-refractivity contribution in [1.29, 1.82) is 0 Å². The maximum absolute atomic E-state index is 13.6. The minimum atomic E-state index is -0.529. The van der Waals surface area contributed by atoms with Gasteiger partial charge in [0.25, 0.3) is 0 Å². The van der Waals surface area contributed by atoms with Gasteiger partial charge in [-0.2, -0.15) is 0 Å². The number of aromatic nitrogens is 1. The largest absolute Gasteiger partial charge is 0.356 e. The average molecular weight is 483 g/mol. The Hall–Kier alpha value is -1.35. The molecule has 2 aromatic rings. The van der Waals surface area contributed by atoms with Crippen LogP contribution in [0.15, 0.2) is 35.5 Å². The fourth-order valence-corrected chi connectivity index (χ4v) is 2.77. The number of aliphatic imine (C=N–C) groups is 1. The van der Waals surface area contributed by atoms with E-state index in [1.54, 1.807) is 7.05 Å². The van der Waals surface area contributed by atoms with Crippen LogP contribution in [0.25, 0.3) is 0 Å². The maximum Gasteiger partial charge on any atom is 0.193 e. The van der Waals surface area contributed by atoms with E-state index in [0.717, 1.165) is 5.69 Å². The highest BCUT2D eigenvalue weighted by molar-refractivity contribution is 14.0. The first kappa shape index (κ1) is 21.7. The quantitative estimate of drug-likeness (QED) is 0.399. The Morgan fingerprint density at radius 1 is 1.32 bits per heavy atom. The second kappa shape index (κ2) is 9.96. The van der Waals surface area contributed by atoms with Crippen molar-refractivity contribution in [2.75, 3.05) is 20.6 Å². The zero-order chi connectivity index (χ0) is 17.7. The Balaban J connectivity index is 0.00000312. The summed E-state index contributed by atoms with van der Waals surface area (Å²) in [6.07, 6.45) is 2.07. The van der Waals surface area contributed by atoms with Crippen molar-refractivity contribution in [3.05, 3.63) is 58.4 Å². The van der Waals surface area contributed by atoms with Crippen LogP contribution in [0.3, 0.4) is 0 Å². The molecule has 1 aromatic carbocycles. The molecule has 138 valence electrons. The van der Waals surface area contributed by atoms with Gasteiger partial charge in [0.2, 0.25) is 0 Å². The Labute approximate surface area is 168 Å². The third-order valence-corrected chi connectivity index (χ3v) is 3.97. The van der Waals surface area contributed by atoms with Crippen LogP contribution in [-0.2, 0) is 20.0 Å². The number of nitrogens with zero attached hydrogens (tertiary/aromatic N) is 3. The molecule has 0 spiro atoms. The van der Waals surface area contributed by atoms with Gasteiger partial charge in [0.05, 0.1) is 11.6 Å². The van der Waals surface area contributed by atoms with Crippen molar-refractivity contribution in [2.24, 2.45) is 12.0 Å². The molecule has 25 heavy (non-hydrogen) atoms. The van der Waals surface area contributed by atoms with Crippen LogP contribution in [0.5, 0.6) is 0 Å². The first-order valence-electron chi connectivity index (χ1n) is 7.57. The molecular formula is C17H22ClF2IN4. The molecule has 1 N–H and O–H groups in total. The normalized spacial score (nSPS) is 11.2. The average Bonchev–Trinajstić information content (AvgIpc) is 2.83. The number of rotatable bonds is 5. The van der Waals surface area contributed by atoms with E-state index < -0.39 is 11.6 Å². The van der Waals surface area contributed by atoms with Gasteiger partial charge in [-0.15, -0.1) is 24.0 Å². The molecule has 0 bridgehead atoms. The molecule has 1 aromatic heterocycles. The van der Waals surface area contributed by atoms with Gasteiger partial charge in [-0.3, -0.25) is 4.99 Å². The molecule has 1 heterocycles. The number of halogens is 4. The van der Waals surface area contributed by atoms with Crippen molar-refractivity contribution >= 4 is 41.5 Å². The third kappa shape index (κ3) is 5.85. The summed E-state index contributed by atoms with van der Waals surface area (Å²) in [5.74, 6) is -0.416. The van der Waals surface area contributed by atoms with Crippen molar-refractivity contribution in [1.82, 2.24) is 14.8 Å². The van der Waals surface area contributed by atoms with Crippen LogP contribution in [0, 0.1) is 11.6 Å². The SMILES string of the molecule is CN=C(NCCc1c(F)cccc1F)N(C)Cc1cc(Cl)cn1C.I. The van der Waals surface area contributed by atoms with Crippen molar-refractivity contribution < 1.29 is 8.78 Å². The summed E-state index contributed by atoms with van der Waals surface area (Å²) in [6, 6.07) is 5.77. The van der Waals surface area contributed by atoms with Crippen molar-refractivity contribution in [3.63, 3.8) is 0 Å². The summed E-state index contributed by atoms with van der Waals surface area (Å²) in [6.45, 7) is 0.986. The van der Waals surface area contributed by atoms with Crippen molar-refractivity contribution in [3.8, 4) is 0 Å². The summed E-state index contributed by atoms with van der Waals surface area (Å²) >= 11 is 5.99. The number of guanidine groups is 1. The molecule has 0 amide bonds. The van der Waals surface area contributed by atoms with E-state index in [2.05, 4.69) is 10.3 Å². The monoisotopic (exact) mass is 482 g/mol. The highest BCUT2D eigenvalue weighted by atomic mass is 127. The summed E-state index contributed by atoms with van der Waals surface area (Å²) in [5.41, 5.74) is 1.11. The first-order valence-corrected chi connectivity index (χ1v) is 7.95. The van der Waals surface area contributed by atoms with Gasteiger partial charge < -0.3 is 14.8 Å². The van der Waals surface area contributed by atoms with Crippen LogP contribution in [-0.4, -0.2) is 36.1 Å². The van der Waals surface area contributed by atoms with E-state index in [9.17, 15) is 8.78 Å². The van der Waals surface area contributed by atoms with Crippen LogP contribution >= 0.6 is 35.6 Å². The van der Waals surface area contributed by atoms with E-state index in [1.807, 2.05) is 35.8 Å². The minimum absolute atomic E-state index is 0. The Kier molecular flexibility index (Phi) is 8.64. The Bertz CT molecular complexity index is 713. The smallest absolute Gasteiger partial charge is 0.193 e. The molecule has 0 aliphatic carbocycles. The maximum atomic E-state index is 13.6. The zero-order valence-electron chi connectivity index (χ0n) is 14.4. The molecule has 0 fully saturated rings. The van der Waals surface area contributed by atoms with E-state index in [0.29, 0.717) is 24.1 Å². The molecule has 2 rings (SSSR count). The summed E-state index contributed by atoms with van der Waals surface area (Å²) in [7, 11) is 5.48. The lowest BCUT2D eigenvalue weighted by Crippen LogP contribution is -2.39. The fraction of sp³-hybridized carbons (Fsp3) is 0.353. The summed E-state index contributed by atoms with van der Waals surface area (Å²) < 4.78 is 29.2. The van der Waals surface area contributed by atoms with Gasteiger partial charge >= 0.3 is 0 Å². The lowest BCUT2D eigenvalue weighted by Gasteiger charge is -2.22. The van der Waals surface area contributed by atoms with Gasteiger partial charge in [-0.05, 0) is 24.6 Å². The Morgan fingerprint density at radius 2 is 1.96 bits per heavy atom. The second-order valence-electron chi connectivity index (χ2n) is 5.54. The first-order chi connectivity index (χ1) is 11.4. The number of nitrogens with one attached hydrogen (secondary N) is 1. The van der Waals surface area contributed by atoms with E-state index in [-0.39, 0.29) is 36.0 Å². The summed E-state index contributed by atoms with van der Waals surface area (Å²) in [4.78, 5) is 6.12. The second-order valence-corrected chi connectivity index (χ2v) is 5.98. The predicted octanol–water partition coefficient (Wildman–Crippen LogP) is 3.82. The third-order valence-electron chi connectivity index (χ3n) is 3.77. The zero-order valence-corrected chi connectivity index (χ0v) is 17.5. The number of hydrogen-bond acceptors (Lipinski definition) is 1. The lowest BCUT2D eigenvalue weighted by atomic mass is 10.1. The molecule has 0 saturated carbocycles. The van der Waals surface area contributed by atoms with Gasteiger partial charge in [-0.1, -0.05) is 17.7 Å². The molecule has 0 aliphatic heterocycles. The topological polar surface area (TPSA) is 32.6 Å². The summed E-state index contributed by atoms with van der Waals surface area (Å²) in [5, 5.41) is 3.80. The molecule has 0 atom stereocenters. The molecule has 0 saturated heterocycles. The molecule has 0 aliphatic rings. The molecule has 0 radical (unpaired) electrons. The van der Waals surface area contributed by atoms with E-state index in [1.165, 1.54) is 18.2 Å². The van der Waals surface area contributed by atoms with Crippen LogP contribution in [0.2, 0.25) is 5.02 Å². The van der Waals surface area contributed by atoms with Gasteiger partial charge in [-0.25, -0.2) is 8.78 Å². The lowest BCUT2D eigenvalue weighted by molar-refractivity contribution is 0.461. The molecule has 8 heteroatoms. The van der Waals surface area contributed by atoms with Crippen LogP contribution in [0.1, 0.15) is 11.3 Å². The fourth-order valence-electron chi connectivity index (χ4n) is 2.50. The highest BCUT2D eigenvalue weighted by Gasteiger charge is 2.11. The number of benzene rings is 1. The van der Waals surface area contributed by atoms with Crippen LogP contribution in [0.4, 0.5) is 8.78 Å². The minimum Gasteiger partial charge on any atom is -0.356 e. The molecule has 4 nitrogen and oxygen atoms in total. The van der Waals surface area contributed by atoms with Crippen LogP contribution < -0.4 is 5.32 Å². The van der Waals surface area contributed by atoms with Gasteiger partial charge in [0.1, 0.15) is 11.6 Å². The molecule has 0 unspecified atom stereocenters. The standard InChI is InChI=1S/C17H21ClF2N4.HI/c1-21-17(24(3)11-13-9-12(18)10-23(13)2)22-8-7-14-15(19)5-4-6-16(14)20;/h4-6,9-10H,7-8,11H2,1-3H3,(H,21,22);1H. The van der Waals surface area contributed by atoms with E-state index in [4.69, 9.17) is 11.6 Å². The van der Waals surface area contributed by atoms with E-state index >= 15 is 0 Å². The predicted molar refractivity (Wildman–Crippen MR) is 109 cm³/mol. The number of hydrogen-bond donors (Lipinski definition) is 1. The van der Waals surface area contributed by atoms with Gasteiger partial charge in [0.15, 0.2) is 5.96 Å². The highest BCUT2D eigenvalue weighted by Crippen LogP contribution is 2.14.